The highest BCUT2D eigenvalue weighted by molar-refractivity contribution is 6.46. The molecule has 2 amide bonds. The number of carbonyl (C=O) groups excluding carboxylic acids is 2. The molecular weight excluding hydrogens is 419 g/mol. The molecule has 0 aromatic heterocycles. The van der Waals surface area contributed by atoms with Crippen molar-refractivity contribution in [3.05, 3.63) is 94.9 Å². The van der Waals surface area contributed by atoms with Crippen molar-refractivity contribution in [2.24, 2.45) is 0 Å². The standard InChI is InChI=1S/C27H25FN2O3/c1-4-14-33-22-11-9-19(10-12-22)24-25(29-21-7-5-6-20(28)16-21)27(32)30(26(24)31)23-13-8-17(2)15-18(23)3/h5-13,15-16,29H,4,14H2,1-3H3. The lowest BCUT2D eigenvalue weighted by Gasteiger charge is -2.18. The highest BCUT2D eigenvalue weighted by Crippen LogP contribution is 2.36. The minimum absolute atomic E-state index is 0.104. The van der Waals surface area contributed by atoms with Crippen LogP contribution in [0.25, 0.3) is 5.57 Å². The van der Waals surface area contributed by atoms with Crippen molar-refractivity contribution in [2.45, 2.75) is 27.2 Å². The molecule has 33 heavy (non-hydrogen) atoms. The number of halogens is 1. The molecule has 1 N–H and O–H groups in total. The number of ether oxygens (including phenoxy) is 1. The first-order chi connectivity index (χ1) is 15.9. The number of carbonyl (C=O) groups is 2. The van der Waals surface area contributed by atoms with Crippen LogP contribution in [0.3, 0.4) is 0 Å². The molecule has 0 radical (unpaired) electrons. The maximum absolute atomic E-state index is 13.8. The lowest BCUT2D eigenvalue weighted by Crippen LogP contribution is -2.33. The summed E-state index contributed by atoms with van der Waals surface area (Å²) in [5, 5.41) is 2.99. The van der Waals surface area contributed by atoms with Crippen LogP contribution in [0.5, 0.6) is 5.75 Å². The SMILES string of the molecule is CCCOc1ccc(C2=C(Nc3cccc(F)c3)C(=O)N(c3ccc(C)cc3C)C2=O)cc1. The van der Waals surface area contributed by atoms with Crippen LogP contribution >= 0.6 is 0 Å². The first-order valence-electron chi connectivity index (χ1n) is 10.8. The molecule has 1 heterocycles. The summed E-state index contributed by atoms with van der Waals surface area (Å²) in [5.41, 5.74) is 3.65. The number of imide groups is 1. The molecule has 1 aliphatic heterocycles. The topological polar surface area (TPSA) is 58.6 Å². The Hall–Kier alpha value is -3.93. The zero-order chi connectivity index (χ0) is 23.5. The zero-order valence-electron chi connectivity index (χ0n) is 18.8. The van der Waals surface area contributed by atoms with Crippen LogP contribution < -0.4 is 15.0 Å². The molecule has 0 bridgehead atoms. The van der Waals surface area contributed by atoms with Crippen LogP contribution in [0.1, 0.15) is 30.0 Å². The molecule has 0 unspecified atom stereocenters. The normalized spacial score (nSPS) is 13.6. The van der Waals surface area contributed by atoms with Crippen molar-refractivity contribution in [1.82, 2.24) is 0 Å². The number of nitrogens with one attached hydrogen (secondary N) is 1. The maximum atomic E-state index is 13.8. The van der Waals surface area contributed by atoms with Crippen molar-refractivity contribution < 1.29 is 18.7 Å². The average Bonchev–Trinajstić information content (AvgIpc) is 3.02. The molecule has 6 heteroatoms. The van der Waals surface area contributed by atoms with E-state index in [-0.39, 0.29) is 11.3 Å². The molecule has 1 aliphatic rings. The van der Waals surface area contributed by atoms with Crippen molar-refractivity contribution in [3.8, 4) is 5.75 Å². The van der Waals surface area contributed by atoms with E-state index in [0.717, 1.165) is 17.5 Å². The summed E-state index contributed by atoms with van der Waals surface area (Å²) in [6.45, 7) is 6.42. The Balaban J connectivity index is 1.78. The predicted molar refractivity (Wildman–Crippen MR) is 128 cm³/mol. The van der Waals surface area contributed by atoms with Gasteiger partial charge in [0.1, 0.15) is 17.3 Å². The molecule has 0 spiro atoms. The van der Waals surface area contributed by atoms with Gasteiger partial charge in [-0.1, -0.05) is 42.8 Å². The number of rotatable bonds is 7. The Bertz CT molecular complexity index is 1250. The van der Waals surface area contributed by atoms with Gasteiger partial charge >= 0.3 is 0 Å². The summed E-state index contributed by atoms with van der Waals surface area (Å²) >= 11 is 0. The number of hydrogen-bond donors (Lipinski definition) is 1. The van der Waals surface area contributed by atoms with Gasteiger partial charge in [-0.3, -0.25) is 9.59 Å². The van der Waals surface area contributed by atoms with Gasteiger partial charge in [-0.15, -0.1) is 0 Å². The van der Waals surface area contributed by atoms with Gasteiger partial charge in [0.2, 0.25) is 0 Å². The molecule has 4 rings (SSSR count). The van der Waals surface area contributed by atoms with Gasteiger partial charge in [-0.25, -0.2) is 9.29 Å². The van der Waals surface area contributed by atoms with Crippen LogP contribution in [0.15, 0.2) is 72.4 Å². The van der Waals surface area contributed by atoms with Crippen LogP contribution in [0.2, 0.25) is 0 Å². The van der Waals surface area contributed by atoms with Gasteiger partial charge < -0.3 is 10.1 Å². The Morgan fingerprint density at radius 3 is 2.36 bits per heavy atom. The highest BCUT2D eigenvalue weighted by atomic mass is 19.1. The molecule has 0 fully saturated rings. The van der Waals surface area contributed by atoms with Gasteiger partial charge in [0, 0.05) is 5.69 Å². The van der Waals surface area contributed by atoms with E-state index in [4.69, 9.17) is 4.74 Å². The van der Waals surface area contributed by atoms with E-state index in [2.05, 4.69) is 5.32 Å². The largest absolute Gasteiger partial charge is 0.494 e. The Morgan fingerprint density at radius 1 is 0.939 bits per heavy atom. The highest BCUT2D eigenvalue weighted by Gasteiger charge is 2.40. The summed E-state index contributed by atoms with van der Waals surface area (Å²) in [6, 6.07) is 18.4. The summed E-state index contributed by atoms with van der Waals surface area (Å²) in [7, 11) is 0. The minimum Gasteiger partial charge on any atom is -0.494 e. The summed E-state index contributed by atoms with van der Waals surface area (Å²) < 4.78 is 19.4. The lowest BCUT2D eigenvalue weighted by atomic mass is 10.0. The summed E-state index contributed by atoms with van der Waals surface area (Å²) in [4.78, 5) is 28.3. The monoisotopic (exact) mass is 444 g/mol. The van der Waals surface area contributed by atoms with Crippen molar-refractivity contribution in [2.75, 3.05) is 16.8 Å². The molecule has 3 aromatic rings. The molecular formula is C27H25FN2O3. The van der Waals surface area contributed by atoms with Crippen molar-refractivity contribution >= 4 is 28.8 Å². The molecule has 0 aliphatic carbocycles. The third-order valence-electron chi connectivity index (χ3n) is 5.39. The van der Waals surface area contributed by atoms with Crippen molar-refractivity contribution in [1.29, 1.82) is 0 Å². The van der Waals surface area contributed by atoms with E-state index < -0.39 is 17.6 Å². The number of amides is 2. The molecule has 0 saturated carbocycles. The molecule has 3 aromatic carbocycles. The first-order valence-corrected chi connectivity index (χ1v) is 10.8. The van der Waals surface area contributed by atoms with E-state index in [0.29, 0.717) is 29.3 Å². The quantitative estimate of drug-likeness (QED) is 0.480. The average molecular weight is 445 g/mol. The second-order valence-corrected chi connectivity index (χ2v) is 7.99. The van der Waals surface area contributed by atoms with E-state index in [1.807, 2.05) is 32.9 Å². The Morgan fingerprint density at radius 2 is 1.70 bits per heavy atom. The number of benzene rings is 3. The molecule has 168 valence electrons. The maximum Gasteiger partial charge on any atom is 0.282 e. The fraction of sp³-hybridized carbons (Fsp3) is 0.185. The fourth-order valence-electron chi connectivity index (χ4n) is 3.84. The third-order valence-corrected chi connectivity index (χ3v) is 5.39. The summed E-state index contributed by atoms with van der Waals surface area (Å²) in [6.07, 6.45) is 0.881. The molecule has 0 saturated heterocycles. The van der Waals surface area contributed by atoms with Crippen molar-refractivity contribution in [3.63, 3.8) is 0 Å². The van der Waals surface area contributed by atoms with Gasteiger partial charge in [0.05, 0.1) is 17.9 Å². The van der Waals surface area contributed by atoms with E-state index in [1.165, 1.54) is 17.0 Å². The van der Waals surface area contributed by atoms with Crippen LogP contribution in [-0.4, -0.2) is 18.4 Å². The lowest BCUT2D eigenvalue weighted by molar-refractivity contribution is -0.120. The third kappa shape index (κ3) is 4.51. The minimum atomic E-state index is -0.488. The Labute approximate surface area is 192 Å². The van der Waals surface area contributed by atoms with E-state index in [1.54, 1.807) is 42.5 Å². The fourth-order valence-corrected chi connectivity index (χ4v) is 3.84. The zero-order valence-corrected chi connectivity index (χ0v) is 18.8. The van der Waals surface area contributed by atoms with Crippen LogP contribution in [-0.2, 0) is 9.59 Å². The second kappa shape index (κ2) is 9.28. The van der Waals surface area contributed by atoms with E-state index in [9.17, 15) is 14.0 Å². The molecule has 0 atom stereocenters. The van der Waals surface area contributed by atoms with E-state index >= 15 is 0 Å². The Kier molecular flexibility index (Phi) is 6.27. The summed E-state index contributed by atoms with van der Waals surface area (Å²) in [5.74, 6) is -0.683. The first kappa shape index (κ1) is 22.3. The predicted octanol–water partition coefficient (Wildman–Crippen LogP) is 5.63. The van der Waals surface area contributed by atoms with Gasteiger partial charge in [0.25, 0.3) is 11.8 Å². The van der Waals surface area contributed by atoms with Crippen LogP contribution in [0.4, 0.5) is 15.8 Å². The van der Waals surface area contributed by atoms with Gasteiger partial charge in [-0.2, -0.15) is 0 Å². The number of aryl methyl sites for hydroxylation is 2. The number of nitrogens with zero attached hydrogens (tertiary/aromatic N) is 1. The van der Waals surface area contributed by atoms with Gasteiger partial charge in [-0.05, 0) is 67.8 Å². The number of anilines is 2. The number of hydrogen-bond acceptors (Lipinski definition) is 4. The van der Waals surface area contributed by atoms with Gasteiger partial charge in [0.15, 0.2) is 0 Å². The van der Waals surface area contributed by atoms with Crippen LogP contribution in [0, 0.1) is 19.7 Å². The molecule has 5 nitrogen and oxygen atoms in total. The second-order valence-electron chi connectivity index (χ2n) is 7.99. The smallest absolute Gasteiger partial charge is 0.282 e.